The summed E-state index contributed by atoms with van der Waals surface area (Å²) in [7, 11) is 0. The number of aromatic nitrogens is 2. The fourth-order valence-electron chi connectivity index (χ4n) is 3.15. The first-order chi connectivity index (χ1) is 12.1. The van der Waals surface area contributed by atoms with Gasteiger partial charge in [0.1, 0.15) is 0 Å². The minimum atomic E-state index is 0.245. The lowest BCUT2D eigenvalue weighted by molar-refractivity contribution is -0.132. The minimum Gasteiger partial charge on any atom is -0.360 e. The van der Waals surface area contributed by atoms with Crippen molar-refractivity contribution in [2.24, 2.45) is 5.92 Å². The number of amides is 1. The monoisotopic (exact) mass is 384 g/mol. The van der Waals surface area contributed by atoms with Crippen molar-refractivity contribution in [3.05, 3.63) is 0 Å². The number of rotatable bonds is 10. The predicted molar refractivity (Wildman–Crippen MR) is 107 cm³/mol. The van der Waals surface area contributed by atoms with E-state index in [1.54, 1.807) is 11.3 Å². The summed E-state index contributed by atoms with van der Waals surface area (Å²) in [6.45, 7) is 8.56. The molecule has 1 aliphatic heterocycles. The van der Waals surface area contributed by atoms with Gasteiger partial charge in [-0.15, -0.1) is 10.2 Å². The number of anilines is 1. The fourth-order valence-corrected chi connectivity index (χ4v) is 4.81. The molecule has 7 heteroatoms. The van der Waals surface area contributed by atoms with Gasteiger partial charge in [0.2, 0.25) is 11.0 Å². The van der Waals surface area contributed by atoms with Gasteiger partial charge < -0.3 is 10.2 Å². The van der Waals surface area contributed by atoms with Gasteiger partial charge in [0.15, 0.2) is 4.34 Å². The second-order valence-corrected chi connectivity index (χ2v) is 9.09. The maximum absolute atomic E-state index is 12.5. The zero-order chi connectivity index (χ0) is 18.1. The summed E-state index contributed by atoms with van der Waals surface area (Å²) in [4.78, 5) is 14.6. The molecule has 1 saturated heterocycles. The van der Waals surface area contributed by atoms with Crippen LogP contribution < -0.4 is 5.32 Å². The molecule has 0 bridgehead atoms. The minimum absolute atomic E-state index is 0.245. The van der Waals surface area contributed by atoms with Gasteiger partial charge in [0.25, 0.3) is 0 Å². The first-order valence-electron chi connectivity index (χ1n) is 9.63. The molecule has 0 aromatic carbocycles. The molecule has 0 aliphatic carbocycles. The molecule has 2 heterocycles. The number of thioether (sulfide) groups is 1. The van der Waals surface area contributed by atoms with Gasteiger partial charge in [0.05, 0.1) is 5.75 Å². The van der Waals surface area contributed by atoms with E-state index in [-0.39, 0.29) is 5.91 Å². The van der Waals surface area contributed by atoms with E-state index in [2.05, 4.69) is 41.2 Å². The molecule has 0 unspecified atom stereocenters. The average Bonchev–Trinajstić information content (AvgIpc) is 3.10. The Labute approximate surface area is 160 Å². The van der Waals surface area contributed by atoms with E-state index in [0.717, 1.165) is 54.2 Å². The molecule has 2 atom stereocenters. The van der Waals surface area contributed by atoms with Crippen molar-refractivity contribution in [2.75, 3.05) is 24.2 Å². The van der Waals surface area contributed by atoms with Gasteiger partial charge in [-0.25, -0.2) is 0 Å². The van der Waals surface area contributed by atoms with Crippen molar-refractivity contribution >= 4 is 34.1 Å². The Balaban J connectivity index is 1.70. The van der Waals surface area contributed by atoms with Crippen LogP contribution in [-0.4, -0.2) is 45.9 Å². The van der Waals surface area contributed by atoms with Crippen LogP contribution >= 0.6 is 23.1 Å². The van der Waals surface area contributed by atoms with Crippen molar-refractivity contribution in [3.8, 4) is 0 Å². The van der Waals surface area contributed by atoms with Crippen LogP contribution in [0.4, 0.5) is 5.13 Å². The van der Waals surface area contributed by atoms with Gasteiger partial charge >= 0.3 is 0 Å². The number of nitrogens with zero attached hydrogens (tertiary/aromatic N) is 3. The maximum atomic E-state index is 12.5. The van der Waals surface area contributed by atoms with Crippen LogP contribution in [0.25, 0.3) is 0 Å². The van der Waals surface area contributed by atoms with Crippen molar-refractivity contribution in [1.82, 2.24) is 15.1 Å². The molecule has 1 aliphatic rings. The Kier molecular flexibility index (Phi) is 9.03. The van der Waals surface area contributed by atoms with Crippen molar-refractivity contribution in [3.63, 3.8) is 0 Å². The third kappa shape index (κ3) is 6.77. The van der Waals surface area contributed by atoms with Crippen LogP contribution in [0.5, 0.6) is 0 Å². The lowest BCUT2D eigenvalue weighted by Gasteiger charge is -2.35. The summed E-state index contributed by atoms with van der Waals surface area (Å²) >= 11 is 3.07. The van der Waals surface area contributed by atoms with Gasteiger partial charge in [-0.05, 0) is 44.4 Å². The second-order valence-electron chi connectivity index (χ2n) is 6.89. The highest BCUT2D eigenvalue weighted by molar-refractivity contribution is 8.01. The zero-order valence-electron chi connectivity index (χ0n) is 15.8. The fraction of sp³-hybridized carbons (Fsp3) is 0.833. The first-order valence-corrected chi connectivity index (χ1v) is 11.4. The van der Waals surface area contributed by atoms with Gasteiger partial charge in [0, 0.05) is 19.1 Å². The number of piperidine rings is 1. The molecule has 0 radical (unpaired) electrons. The van der Waals surface area contributed by atoms with E-state index < -0.39 is 0 Å². The van der Waals surface area contributed by atoms with Crippen LogP contribution in [0, 0.1) is 5.92 Å². The Bertz CT molecular complexity index is 523. The van der Waals surface area contributed by atoms with Crippen LogP contribution in [0.15, 0.2) is 4.34 Å². The molecule has 1 N–H and O–H groups in total. The number of nitrogens with one attached hydrogen (secondary N) is 1. The molecule has 1 amide bonds. The van der Waals surface area contributed by atoms with E-state index in [1.165, 1.54) is 31.0 Å². The van der Waals surface area contributed by atoms with Crippen LogP contribution in [-0.2, 0) is 4.79 Å². The van der Waals surface area contributed by atoms with E-state index in [4.69, 9.17) is 0 Å². The molecular formula is C18H32N4OS2. The third-order valence-electron chi connectivity index (χ3n) is 4.99. The van der Waals surface area contributed by atoms with Crippen LogP contribution in [0.1, 0.15) is 65.7 Å². The van der Waals surface area contributed by atoms with E-state index in [1.807, 2.05) is 0 Å². The number of hydrogen-bond acceptors (Lipinski definition) is 6. The zero-order valence-corrected chi connectivity index (χ0v) is 17.4. The highest BCUT2D eigenvalue weighted by atomic mass is 32.2. The van der Waals surface area contributed by atoms with Crippen molar-refractivity contribution < 1.29 is 4.79 Å². The summed E-state index contributed by atoms with van der Waals surface area (Å²) in [5.74, 6) is 1.50. The number of likely N-dealkylation sites (tertiary alicyclic amines) is 1. The molecular weight excluding hydrogens is 352 g/mol. The number of carbonyl (C=O) groups is 1. The van der Waals surface area contributed by atoms with E-state index >= 15 is 0 Å². The largest absolute Gasteiger partial charge is 0.360 e. The van der Waals surface area contributed by atoms with Crippen molar-refractivity contribution in [1.29, 1.82) is 0 Å². The summed E-state index contributed by atoms with van der Waals surface area (Å²) in [5.41, 5.74) is 0. The maximum Gasteiger partial charge on any atom is 0.233 e. The Morgan fingerprint density at radius 2 is 2.24 bits per heavy atom. The SMILES string of the molecule is CC[C@@H](C)CCCNc1nnc(SCC(=O)N2CCCC[C@H]2CC)s1. The molecule has 1 aromatic rings. The number of carbonyl (C=O) groups excluding carboxylic acids is 1. The van der Waals surface area contributed by atoms with Crippen LogP contribution in [0.2, 0.25) is 0 Å². The Morgan fingerprint density at radius 1 is 1.40 bits per heavy atom. The summed E-state index contributed by atoms with van der Waals surface area (Å²) in [5, 5.41) is 12.6. The van der Waals surface area contributed by atoms with Crippen LogP contribution in [0.3, 0.4) is 0 Å². The molecule has 1 aromatic heterocycles. The Morgan fingerprint density at radius 3 is 3.00 bits per heavy atom. The quantitative estimate of drug-likeness (QED) is 0.470. The highest BCUT2D eigenvalue weighted by Crippen LogP contribution is 2.27. The van der Waals surface area contributed by atoms with E-state index in [0.29, 0.717) is 11.8 Å². The van der Waals surface area contributed by atoms with Gasteiger partial charge in [-0.2, -0.15) is 0 Å². The lowest BCUT2D eigenvalue weighted by Crippen LogP contribution is -2.44. The molecule has 1 fully saturated rings. The molecule has 0 saturated carbocycles. The molecule has 2 rings (SSSR count). The standard InChI is InChI=1S/C18H32N4OS2/c1-4-14(3)9-8-11-19-17-20-21-18(25-17)24-13-16(23)22-12-7-6-10-15(22)5-2/h14-15H,4-13H2,1-3H3,(H,19,20)/t14-,15-/m1/s1. The summed E-state index contributed by atoms with van der Waals surface area (Å²) in [6, 6.07) is 0.430. The van der Waals surface area contributed by atoms with E-state index in [9.17, 15) is 4.79 Å². The van der Waals surface area contributed by atoms with Gasteiger partial charge in [-0.3, -0.25) is 4.79 Å². The summed E-state index contributed by atoms with van der Waals surface area (Å²) in [6.07, 6.45) is 8.23. The molecule has 25 heavy (non-hydrogen) atoms. The second kappa shape index (κ2) is 11.0. The molecule has 142 valence electrons. The highest BCUT2D eigenvalue weighted by Gasteiger charge is 2.25. The number of hydrogen-bond donors (Lipinski definition) is 1. The predicted octanol–water partition coefficient (Wildman–Crippen LogP) is 4.66. The lowest BCUT2D eigenvalue weighted by atomic mass is 10.0. The summed E-state index contributed by atoms with van der Waals surface area (Å²) < 4.78 is 0.878. The molecule has 0 spiro atoms. The average molecular weight is 385 g/mol. The first kappa shape index (κ1) is 20.5. The third-order valence-corrected chi connectivity index (χ3v) is 6.99. The van der Waals surface area contributed by atoms with Crippen molar-refractivity contribution in [2.45, 2.75) is 76.1 Å². The Hall–Kier alpha value is -0.820. The smallest absolute Gasteiger partial charge is 0.233 e. The van der Waals surface area contributed by atoms with Gasteiger partial charge in [-0.1, -0.05) is 50.3 Å². The molecule has 5 nitrogen and oxygen atoms in total. The normalized spacial score (nSPS) is 19.0. The topological polar surface area (TPSA) is 58.1 Å².